The first-order valence-electron chi connectivity index (χ1n) is 6.72. The van der Waals surface area contributed by atoms with Gasteiger partial charge in [0.2, 0.25) is 5.91 Å². The second-order valence-electron chi connectivity index (χ2n) is 5.35. The number of fused-ring (bicyclic) bond motifs is 1. The van der Waals surface area contributed by atoms with Crippen LogP contribution in [0.5, 0.6) is 0 Å². The molecule has 0 saturated heterocycles. The van der Waals surface area contributed by atoms with Crippen LogP contribution in [0, 0.1) is 0 Å². The zero-order valence-corrected chi connectivity index (χ0v) is 12.6. The standard InChI is InChI=1S/C14H20N2O3S/c1-10(2)20(18,19)9-14(17)16-8-4-5-11-12(15)6-3-7-13(11)16/h3,6-7,10H,4-5,8-9,15H2,1-2H3. The van der Waals surface area contributed by atoms with Crippen LogP contribution in [0.1, 0.15) is 25.8 Å². The third kappa shape index (κ3) is 2.80. The van der Waals surface area contributed by atoms with Gasteiger partial charge in [0.15, 0.2) is 9.84 Å². The van der Waals surface area contributed by atoms with Crippen molar-refractivity contribution in [3.8, 4) is 0 Å². The average molecular weight is 296 g/mol. The molecule has 0 fully saturated rings. The van der Waals surface area contributed by atoms with E-state index < -0.39 is 20.8 Å². The minimum atomic E-state index is -3.38. The molecule has 0 bridgehead atoms. The molecule has 110 valence electrons. The van der Waals surface area contributed by atoms with E-state index in [0.29, 0.717) is 12.2 Å². The minimum absolute atomic E-state index is 0.370. The van der Waals surface area contributed by atoms with E-state index in [4.69, 9.17) is 5.73 Å². The van der Waals surface area contributed by atoms with E-state index in [1.165, 1.54) is 0 Å². The number of hydrogen-bond acceptors (Lipinski definition) is 4. The number of carbonyl (C=O) groups excluding carboxylic acids is 1. The SMILES string of the molecule is CC(C)S(=O)(=O)CC(=O)N1CCCc2c(N)cccc21. The third-order valence-electron chi connectivity index (χ3n) is 3.63. The zero-order chi connectivity index (χ0) is 14.9. The zero-order valence-electron chi connectivity index (χ0n) is 11.8. The maximum atomic E-state index is 12.3. The van der Waals surface area contributed by atoms with Crippen LogP contribution in [0.4, 0.5) is 11.4 Å². The van der Waals surface area contributed by atoms with E-state index in [-0.39, 0.29) is 5.91 Å². The molecule has 0 aliphatic carbocycles. The van der Waals surface area contributed by atoms with Crippen molar-refractivity contribution >= 4 is 27.1 Å². The molecule has 1 amide bonds. The summed E-state index contributed by atoms with van der Waals surface area (Å²) in [6.45, 7) is 3.72. The van der Waals surface area contributed by atoms with Gasteiger partial charge in [-0.2, -0.15) is 0 Å². The van der Waals surface area contributed by atoms with Crippen molar-refractivity contribution in [3.63, 3.8) is 0 Å². The van der Waals surface area contributed by atoms with E-state index in [9.17, 15) is 13.2 Å². The van der Waals surface area contributed by atoms with Crippen LogP contribution in [0.3, 0.4) is 0 Å². The van der Waals surface area contributed by atoms with Crippen molar-refractivity contribution < 1.29 is 13.2 Å². The van der Waals surface area contributed by atoms with Gasteiger partial charge >= 0.3 is 0 Å². The molecule has 2 N–H and O–H groups in total. The van der Waals surface area contributed by atoms with Gasteiger partial charge in [-0.3, -0.25) is 4.79 Å². The maximum Gasteiger partial charge on any atom is 0.242 e. The van der Waals surface area contributed by atoms with Crippen LogP contribution < -0.4 is 10.6 Å². The Kier molecular flexibility index (Phi) is 4.04. The molecule has 1 aliphatic rings. The van der Waals surface area contributed by atoms with Gasteiger partial charge in [-0.25, -0.2) is 8.42 Å². The van der Waals surface area contributed by atoms with E-state index in [1.807, 2.05) is 6.07 Å². The topological polar surface area (TPSA) is 80.5 Å². The van der Waals surface area contributed by atoms with E-state index in [1.54, 1.807) is 30.9 Å². The number of nitrogen functional groups attached to an aromatic ring is 1. The summed E-state index contributed by atoms with van der Waals surface area (Å²) in [5.74, 6) is -0.816. The fourth-order valence-electron chi connectivity index (χ4n) is 2.33. The maximum absolute atomic E-state index is 12.3. The first-order valence-corrected chi connectivity index (χ1v) is 8.44. The number of nitrogens with two attached hydrogens (primary N) is 1. The normalized spacial score (nSPS) is 15.2. The Hall–Kier alpha value is -1.56. The Morgan fingerprint density at radius 3 is 2.75 bits per heavy atom. The number of benzene rings is 1. The van der Waals surface area contributed by atoms with Crippen LogP contribution in [0.25, 0.3) is 0 Å². The molecule has 0 atom stereocenters. The quantitative estimate of drug-likeness (QED) is 0.854. The summed E-state index contributed by atoms with van der Waals surface area (Å²) in [5, 5.41) is -0.545. The number of hydrogen-bond donors (Lipinski definition) is 1. The summed E-state index contributed by atoms with van der Waals surface area (Å²) >= 11 is 0. The molecule has 6 heteroatoms. The Labute approximate surface area is 119 Å². The van der Waals surface area contributed by atoms with Gasteiger partial charge in [-0.15, -0.1) is 0 Å². The highest BCUT2D eigenvalue weighted by molar-refractivity contribution is 7.92. The predicted molar refractivity (Wildman–Crippen MR) is 80.5 cm³/mol. The largest absolute Gasteiger partial charge is 0.398 e. The highest BCUT2D eigenvalue weighted by Gasteiger charge is 2.28. The monoisotopic (exact) mass is 296 g/mol. The summed E-state index contributed by atoms with van der Waals surface area (Å²) in [4.78, 5) is 13.8. The summed E-state index contributed by atoms with van der Waals surface area (Å²) < 4.78 is 23.8. The van der Waals surface area contributed by atoms with Crippen molar-refractivity contribution in [2.75, 3.05) is 22.9 Å². The molecule has 0 saturated carbocycles. The van der Waals surface area contributed by atoms with Gasteiger partial charge in [0.25, 0.3) is 0 Å². The van der Waals surface area contributed by atoms with Gasteiger partial charge in [-0.1, -0.05) is 6.07 Å². The van der Waals surface area contributed by atoms with Crippen molar-refractivity contribution in [1.82, 2.24) is 0 Å². The number of rotatable bonds is 3. The highest BCUT2D eigenvalue weighted by atomic mass is 32.2. The van der Waals surface area contributed by atoms with Crippen molar-refractivity contribution in [1.29, 1.82) is 0 Å². The van der Waals surface area contributed by atoms with Crippen LogP contribution in [-0.2, 0) is 21.1 Å². The number of nitrogens with zero attached hydrogens (tertiary/aromatic N) is 1. The molecular formula is C14H20N2O3S. The smallest absolute Gasteiger partial charge is 0.242 e. The Morgan fingerprint density at radius 2 is 2.10 bits per heavy atom. The van der Waals surface area contributed by atoms with Gasteiger partial charge in [0, 0.05) is 17.9 Å². The third-order valence-corrected chi connectivity index (χ3v) is 5.72. The number of sulfone groups is 1. The lowest BCUT2D eigenvalue weighted by atomic mass is 10.00. The summed E-state index contributed by atoms with van der Waals surface area (Å²) in [6.07, 6.45) is 1.62. The lowest BCUT2D eigenvalue weighted by Gasteiger charge is -2.30. The summed E-state index contributed by atoms with van der Waals surface area (Å²) in [7, 11) is -3.38. The molecule has 0 spiro atoms. The molecule has 0 unspecified atom stereocenters. The van der Waals surface area contributed by atoms with Crippen LogP contribution in [-0.4, -0.2) is 31.9 Å². The van der Waals surface area contributed by atoms with Crippen LogP contribution in [0.15, 0.2) is 18.2 Å². The Balaban J connectivity index is 2.28. The number of anilines is 2. The molecule has 1 aliphatic heterocycles. The van der Waals surface area contributed by atoms with Crippen molar-refractivity contribution in [3.05, 3.63) is 23.8 Å². The molecule has 20 heavy (non-hydrogen) atoms. The fraction of sp³-hybridized carbons (Fsp3) is 0.500. The molecule has 1 aromatic rings. The van der Waals surface area contributed by atoms with Gasteiger partial charge in [-0.05, 0) is 44.4 Å². The van der Waals surface area contributed by atoms with E-state index >= 15 is 0 Å². The number of carbonyl (C=O) groups is 1. The second-order valence-corrected chi connectivity index (χ2v) is 7.91. The van der Waals surface area contributed by atoms with E-state index in [2.05, 4.69) is 0 Å². The summed E-state index contributed by atoms with van der Waals surface area (Å²) in [5.41, 5.74) is 8.27. The summed E-state index contributed by atoms with van der Waals surface area (Å²) in [6, 6.07) is 5.42. The molecule has 2 rings (SSSR count). The van der Waals surface area contributed by atoms with Crippen LogP contribution in [0.2, 0.25) is 0 Å². The Morgan fingerprint density at radius 1 is 1.40 bits per heavy atom. The lowest BCUT2D eigenvalue weighted by molar-refractivity contribution is -0.116. The average Bonchev–Trinajstić information content (AvgIpc) is 2.38. The Bertz CT molecular complexity index is 623. The fourth-order valence-corrected chi connectivity index (χ4v) is 3.16. The first-order chi connectivity index (χ1) is 9.33. The van der Waals surface area contributed by atoms with Gasteiger partial charge < -0.3 is 10.6 Å². The molecular weight excluding hydrogens is 276 g/mol. The molecule has 1 heterocycles. The van der Waals surface area contributed by atoms with E-state index in [0.717, 1.165) is 24.1 Å². The number of amides is 1. The molecule has 0 aromatic heterocycles. The molecule has 0 radical (unpaired) electrons. The van der Waals surface area contributed by atoms with Gasteiger partial charge in [0.1, 0.15) is 5.75 Å². The lowest BCUT2D eigenvalue weighted by Crippen LogP contribution is -2.40. The van der Waals surface area contributed by atoms with Crippen LogP contribution >= 0.6 is 0 Å². The predicted octanol–water partition coefficient (Wildman–Crippen LogP) is 1.37. The highest BCUT2D eigenvalue weighted by Crippen LogP contribution is 2.31. The molecule has 1 aromatic carbocycles. The second kappa shape index (κ2) is 5.44. The van der Waals surface area contributed by atoms with Crippen molar-refractivity contribution in [2.45, 2.75) is 31.9 Å². The molecule has 5 nitrogen and oxygen atoms in total. The minimum Gasteiger partial charge on any atom is -0.398 e. The first kappa shape index (κ1) is 14.8. The van der Waals surface area contributed by atoms with Gasteiger partial charge in [0.05, 0.1) is 5.25 Å². The van der Waals surface area contributed by atoms with Crippen molar-refractivity contribution in [2.24, 2.45) is 0 Å².